The summed E-state index contributed by atoms with van der Waals surface area (Å²) in [5, 5.41) is 0. The Hall–Kier alpha value is -0.850. The van der Waals surface area contributed by atoms with Crippen molar-refractivity contribution in [2.75, 3.05) is 14.1 Å². The number of hydrogen-bond acceptors (Lipinski definition) is 0. The summed E-state index contributed by atoms with van der Waals surface area (Å²) >= 11 is 0. The van der Waals surface area contributed by atoms with Crippen LogP contribution in [0.3, 0.4) is 0 Å². The maximum Gasteiger partial charge on any atom is 0.162 e. The standard InChI is InChI=1S/C8H14N/c1-4-5-6-7-8-9(2)3/h4-8H,1-3H3/q+1/b5-4+,7-6+. The molecular formula is C8H14N+. The molecule has 0 saturated heterocycles. The molecule has 0 spiro atoms. The van der Waals surface area contributed by atoms with Gasteiger partial charge in [-0.25, -0.2) is 4.58 Å². The number of nitrogens with zero attached hydrogens (tertiary/aromatic N) is 1. The minimum atomic E-state index is 2.00. The average Bonchev–Trinajstić information content (AvgIpc) is 1.80. The van der Waals surface area contributed by atoms with E-state index in [4.69, 9.17) is 0 Å². The van der Waals surface area contributed by atoms with Gasteiger partial charge >= 0.3 is 0 Å². The molecule has 0 unspecified atom stereocenters. The molecule has 0 radical (unpaired) electrons. The molecule has 0 saturated carbocycles. The zero-order valence-corrected chi connectivity index (χ0v) is 6.33. The van der Waals surface area contributed by atoms with Crippen LogP contribution in [0.4, 0.5) is 0 Å². The van der Waals surface area contributed by atoms with Gasteiger partial charge in [0.05, 0.1) is 0 Å². The van der Waals surface area contributed by atoms with Crippen LogP contribution >= 0.6 is 0 Å². The molecule has 0 aliphatic heterocycles. The Labute approximate surface area is 57.0 Å². The molecule has 0 aromatic carbocycles. The fourth-order valence-electron chi connectivity index (χ4n) is 0.397. The third kappa shape index (κ3) is 7.15. The van der Waals surface area contributed by atoms with Crippen LogP contribution in [0.1, 0.15) is 6.92 Å². The van der Waals surface area contributed by atoms with Crippen LogP contribution in [0.5, 0.6) is 0 Å². The Morgan fingerprint density at radius 2 is 1.67 bits per heavy atom. The maximum absolute atomic E-state index is 2.00. The van der Waals surface area contributed by atoms with E-state index in [9.17, 15) is 0 Å². The molecule has 0 amide bonds. The summed E-state index contributed by atoms with van der Waals surface area (Å²) in [6, 6.07) is 0. The van der Waals surface area contributed by atoms with Gasteiger partial charge in [0, 0.05) is 6.08 Å². The second-order valence-corrected chi connectivity index (χ2v) is 2.02. The van der Waals surface area contributed by atoms with Crippen molar-refractivity contribution in [2.24, 2.45) is 0 Å². The van der Waals surface area contributed by atoms with Gasteiger partial charge in [0.25, 0.3) is 0 Å². The van der Waals surface area contributed by atoms with Crippen LogP contribution in [-0.4, -0.2) is 24.9 Å². The van der Waals surface area contributed by atoms with E-state index < -0.39 is 0 Å². The van der Waals surface area contributed by atoms with E-state index in [0.29, 0.717) is 0 Å². The third-order valence-corrected chi connectivity index (χ3v) is 0.799. The van der Waals surface area contributed by atoms with Crippen molar-refractivity contribution in [2.45, 2.75) is 6.92 Å². The highest BCUT2D eigenvalue weighted by molar-refractivity contribution is 5.66. The van der Waals surface area contributed by atoms with Gasteiger partial charge in [-0.2, -0.15) is 0 Å². The van der Waals surface area contributed by atoms with Crippen molar-refractivity contribution in [1.82, 2.24) is 0 Å². The topological polar surface area (TPSA) is 3.01 Å². The van der Waals surface area contributed by atoms with Gasteiger partial charge in [0.15, 0.2) is 6.21 Å². The molecule has 9 heavy (non-hydrogen) atoms. The Balaban J connectivity index is 3.60. The van der Waals surface area contributed by atoms with E-state index in [1.165, 1.54) is 0 Å². The van der Waals surface area contributed by atoms with Crippen molar-refractivity contribution in [3.05, 3.63) is 24.3 Å². The largest absolute Gasteiger partial charge is 0.241 e. The molecule has 0 aromatic heterocycles. The van der Waals surface area contributed by atoms with Crippen LogP contribution in [0.2, 0.25) is 0 Å². The zero-order chi connectivity index (χ0) is 7.11. The molecule has 0 bridgehead atoms. The van der Waals surface area contributed by atoms with E-state index in [2.05, 4.69) is 0 Å². The van der Waals surface area contributed by atoms with Gasteiger partial charge in [-0.05, 0) is 6.92 Å². The van der Waals surface area contributed by atoms with Crippen LogP contribution < -0.4 is 0 Å². The van der Waals surface area contributed by atoms with Crippen molar-refractivity contribution in [3.8, 4) is 0 Å². The van der Waals surface area contributed by atoms with Gasteiger partial charge < -0.3 is 0 Å². The van der Waals surface area contributed by atoms with Gasteiger partial charge in [-0.3, -0.25) is 0 Å². The van der Waals surface area contributed by atoms with Gasteiger partial charge in [0.2, 0.25) is 0 Å². The van der Waals surface area contributed by atoms with Crippen molar-refractivity contribution >= 4 is 6.21 Å². The van der Waals surface area contributed by atoms with Crippen molar-refractivity contribution in [3.63, 3.8) is 0 Å². The summed E-state index contributed by atoms with van der Waals surface area (Å²) in [5.74, 6) is 0. The molecular weight excluding hydrogens is 110 g/mol. The fraction of sp³-hybridized carbons (Fsp3) is 0.375. The Morgan fingerprint density at radius 3 is 2.11 bits per heavy atom. The molecule has 0 fully saturated rings. The fourth-order valence-corrected chi connectivity index (χ4v) is 0.397. The first-order valence-corrected chi connectivity index (χ1v) is 3.06. The number of allylic oxidation sites excluding steroid dienone is 4. The lowest BCUT2D eigenvalue weighted by Gasteiger charge is -1.76. The number of hydrogen-bond donors (Lipinski definition) is 0. The molecule has 0 aliphatic carbocycles. The smallest absolute Gasteiger partial charge is 0.162 e. The highest BCUT2D eigenvalue weighted by Crippen LogP contribution is 1.71. The minimum Gasteiger partial charge on any atom is -0.241 e. The minimum absolute atomic E-state index is 2.00. The van der Waals surface area contributed by atoms with Crippen molar-refractivity contribution in [1.29, 1.82) is 0 Å². The first-order chi connectivity index (χ1) is 4.27. The molecule has 0 N–H and O–H groups in total. The third-order valence-electron chi connectivity index (χ3n) is 0.799. The lowest BCUT2D eigenvalue weighted by molar-refractivity contribution is -0.458. The predicted octanol–water partition coefficient (Wildman–Crippen LogP) is 1.46. The lowest BCUT2D eigenvalue weighted by Crippen LogP contribution is -1.94. The van der Waals surface area contributed by atoms with E-state index in [1.807, 2.05) is 56.1 Å². The van der Waals surface area contributed by atoms with Gasteiger partial charge in [-0.15, -0.1) is 0 Å². The van der Waals surface area contributed by atoms with Crippen LogP contribution in [-0.2, 0) is 0 Å². The summed E-state index contributed by atoms with van der Waals surface area (Å²) < 4.78 is 2.00. The monoisotopic (exact) mass is 124 g/mol. The summed E-state index contributed by atoms with van der Waals surface area (Å²) in [4.78, 5) is 0. The second-order valence-electron chi connectivity index (χ2n) is 2.02. The highest BCUT2D eigenvalue weighted by atomic mass is 14.9. The van der Waals surface area contributed by atoms with Crippen LogP contribution in [0.15, 0.2) is 24.3 Å². The normalized spacial score (nSPS) is 11.0. The quantitative estimate of drug-likeness (QED) is 0.298. The SMILES string of the molecule is C/C=C/C=C/C=[N+](C)C. The van der Waals surface area contributed by atoms with Gasteiger partial charge in [-0.1, -0.05) is 18.2 Å². The molecule has 0 heterocycles. The molecule has 0 atom stereocenters. The van der Waals surface area contributed by atoms with E-state index in [-0.39, 0.29) is 0 Å². The summed E-state index contributed by atoms with van der Waals surface area (Å²) in [7, 11) is 4.00. The Morgan fingerprint density at radius 1 is 1.00 bits per heavy atom. The van der Waals surface area contributed by atoms with Crippen molar-refractivity contribution < 1.29 is 4.58 Å². The Bertz CT molecular complexity index is 137. The lowest BCUT2D eigenvalue weighted by atomic mass is 10.4. The van der Waals surface area contributed by atoms with Crippen LogP contribution in [0.25, 0.3) is 0 Å². The predicted molar refractivity (Wildman–Crippen MR) is 42.1 cm³/mol. The molecule has 0 rings (SSSR count). The number of rotatable bonds is 2. The molecule has 0 aliphatic rings. The Kier molecular flexibility index (Phi) is 4.79. The average molecular weight is 124 g/mol. The summed E-state index contributed by atoms with van der Waals surface area (Å²) in [6.45, 7) is 2.00. The first kappa shape index (κ1) is 8.15. The van der Waals surface area contributed by atoms with Crippen LogP contribution in [0, 0.1) is 0 Å². The zero-order valence-electron chi connectivity index (χ0n) is 6.33. The summed E-state index contributed by atoms with van der Waals surface area (Å²) in [6.07, 6.45) is 10.0. The van der Waals surface area contributed by atoms with Gasteiger partial charge in [0.1, 0.15) is 14.1 Å². The second kappa shape index (κ2) is 5.29. The molecule has 1 heteroatoms. The van der Waals surface area contributed by atoms with E-state index in [1.54, 1.807) is 0 Å². The molecule has 0 aromatic rings. The first-order valence-electron chi connectivity index (χ1n) is 3.06. The molecule has 1 nitrogen and oxygen atoms in total. The van der Waals surface area contributed by atoms with E-state index >= 15 is 0 Å². The van der Waals surface area contributed by atoms with E-state index in [0.717, 1.165) is 0 Å². The highest BCUT2D eigenvalue weighted by Gasteiger charge is 1.71. The molecule has 50 valence electrons. The summed E-state index contributed by atoms with van der Waals surface area (Å²) in [5.41, 5.74) is 0. The maximum atomic E-state index is 2.00.